The molecule has 7 nitrogen and oxygen atoms in total. The number of hydrogen-bond acceptors (Lipinski definition) is 7. The van der Waals surface area contributed by atoms with Crippen LogP contribution in [-0.4, -0.2) is 48.5 Å². The summed E-state index contributed by atoms with van der Waals surface area (Å²) >= 11 is 0. The fourth-order valence-corrected chi connectivity index (χ4v) is 5.18. The maximum absolute atomic E-state index is 15.3. The molecule has 3 aliphatic rings. The Morgan fingerprint density at radius 2 is 1.77 bits per heavy atom. The Balaban J connectivity index is 1.27. The summed E-state index contributed by atoms with van der Waals surface area (Å²) in [5.41, 5.74) is 5.01. The molecule has 39 heavy (non-hydrogen) atoms. The number of hydrogen-bond donors (Lipinski definition) is 1. The average Bonchev–Trinajstić information content (AvgIpc) is 3.57. The number of nitrogens with one attached hydrogen (secondary N) is 1. The second-order valence-corrected chi connectivity index (χ2v) is 9.97. The topological polar surface area (TPSA) is 65.9 Å². The number of allylic oxidation sites excluding steroid dienone is 2. The molecule has 0 amide bonds. The molecule has 0 bridgehead atoms. The summed E-state index contributed by atoms with van der Waals surface area (Å²) in [7, 11) is 0. The van der Waals surface area contributed by atoms with Gasteiger partial charge in [-0.15, -0.1) is 0 Å². The summed E-state index contributed by atoms with van der Waals surface area (Å²) < 4.78 is 21.3. The standard InChI is InChI=1S/C31H31FN6O/c1-3-7-22-18-27(33-20-22)34-28-19-29(38-14-12-37(13-15-38)24-8-5-4-6-9-24)36-31(35-28)39-26-11-10-23-16-21(2)17-25(23)30(26)32/h3-11,17-19H,12-16,20H2,1-2H3,(H,33,34,35,36)/b7-3+. The monoisotopic (exact) mass is 522 g/mol. The van der Waals surface area contributed by atoms with Crippen LogP contribution in [0.15, 0.2) is 82.9 Å². The highest BCUT2D eigenvalue weighted by Gasteiger charge is 2.23. The van der Waals surface area contributed by atoms with Crippen LogP contribution in [0.2, 0.25) is 0 Å². The number of amidine groups is 1. The molecule has 6 rings (SSSR count). The Morgan fingerprint density at radius 1 is 0.974 bits per heavy atom. The zero-order valence-corrected chi connectivity index (χ0v) is 22.2. The summed E-state index contributed by atoms with van der Waals surface area (Å²) in [4.78, 5) is 18.4. The number of aromatic nitrogens is 2. The first kappa shape index (κ1) is 24.9. The van der Waals surface area contributed by atoms with Gasteiger partial charge >= 0.3 is 6.01 Å². The Hall–Kier alpha value is -4.46. The summed E-state index contributed by atoms with van der Waals surface area (Å²) in [6.07, 6.45) is 8.66. The first-order valence-electron chi connectivity index (χ1n) is 13.3. The molecule has 3 heterocycles. The average molecular weight is 523 g/mol. The number of halogens is 1. The van der Waals surface area contributed by atoms with E-state index in [4.69, 9.17) is 9.72 Å². The Bertz CT molecular complexity index is 1500. The first-order valence-corrected chi connectivity index (χ1v) is 13.3. The molecule has 0 spiro atoms. The molecule has 2 aliphatic heterocycles. The normalized spacial score (nSPS) is 16.7. The molecule has 0 atom stereocenters. The van der Waals surface area contributed by atoms with Crippen LogP contribution in [0.25, 0.3) is 6.08 Å². The maximum atomic E-state index is 15.3. The van der Waals surface area contributed by atoms with Gasteiger partial charge in [-0.25, -0.2) is 4.39 Å². The number of rotatable bonds is 6. The fraction of sp³-hybridized carbons (Fsp3) is 0.258. The number of nitrogens with zero attached hydrogens (tertiary/aromatic N) is 5. The molecule has 3 aromatic rings. The van der Waals surface area contributed by atoms with Gasteiger partial charge in [0.05, 0.1) is 6.54 Å². The lowest BCUT2D eigenvalue weighted by molar-refractivity contribution is 0.410. The number of para-hydroxylation sites is 1. The third-order valence-electron chi connectivity index (χ3n) is 7.10. The van der Waals surface area contributed by atoms with Crippen molar-refractivity contribution in [2.75, 3.05) is 47.8 Å². The van der Waals surface area contributed by atoms with Crippen LogP contribution in [0.4, 0.5) is 21.7 Å². The molecule has 8 heteroatoms. The van der Waals surface area contributed by atoms with Gasteiger partial charge in [-0.2, -0.15) is 9.97 Å². The van der Waals surface area contributed by atoms with Crippen molar-refractivity contribution in [3.8, 4) is 11.8 Å². The van der Waals surface area contributed by atoms with Crippen molar-refractivity contribution in [3.63, 3.8) is 0 Å². The van der Waals surface area contributed by atoms with Gasteiger partial charge < -0.3 is 19.9 Å². The lowest BCUT2D eigenvalue weighted by Crippen LogP contribution is -2.46. The van der Waals surface area contributed by atoms with Crippen LogP contribution in [0.3, 0.4) is 0 Å². The zero-order valence-electron chi connectivity index (χ0n) is 22.2. The predicted molar refractivity (Wildman–Crippen MR) is 156 cm³/mol. The summed E-state index contributed by atoms with van der Waals surface area (Å²) in [5, 5.41) is 3.30. The van der Waals surface area contributed by atoms with Crippen molar-refractivity contribution < 1.29 is 9.13 Å². The second kappa shape index (κ2) is 10.7. The van der Waals surface area contributed by atoms with Crippen LogP contribution in [0.5, 0.6) is 11.8 Å². The molecule has 1 N–H and O–H groups in total. The molecule has 2 aromatic carbocycles. The van der Waals surface area contributed by atoms with Crippen molar-refractivity contribution in [3.05, 3.63) is 94.8 Å². The zero-order chi connectivity index (χ0) is 26.8. The van der Waals surface area contributed by atoms with Gasteiger partial charge in [0.2, 0.25) is 0 Å². The second-order valence-electron chi connectivity index (χ2n) is 9.97. The van der Waals surface area contributed by atoms with Crippen LogP contribution in [-0.2, 0) is 6.42 Å². The molecule has 0 radical (unpaired) electrons. The van der Waals surface area contributed by atoms with Crippen LogP contribution < -0.4 is 19.9 Å². The Labute approximate surface area is 228 Å². The number of aliphatic imine (C=N–C) groups is 1. The first-order chi connectivity index (χ1) is 19.1. The van der Waals surface area contributed by atoms with Crippen LogP contribution in [0.1, 0.15) is 25.0 Å². The van der Waals surface area contributed by atoms with Gasteiger partial charge in [0, 0.05) is 43.5 Å². The van der Waals surface area contributed by atoms with E-state index in [1.165, 1.54) is 5.69 Å². The van der Waals surface area contributed by atoms with Gasteiger partial charge in [0.15, 0.2) is 11.6 Å². The van der Waals surface area contributed by atoms with Crippen molar-refractivity contribution in [2.24, 2.45) is 4.99 Å². The van der Waals surface area contributed by atoms with Crippen molar-refractivity contribution >= 4 is 29.2 Å². The minimum Gasteiger partial charge on any atom is -0.421 e. The summed E-state index contributed by atoms with van der Waals surface area (Å²) in [6.45, 7) is 7.90. The molecular weight excluding hydrogens is 491 g/mol. The highest BCUT2D eigenvalue weighted by atomic mass is 19.1. The van der Waals surface area contributed by atoms with E-state index in [-0.39, 0.29) is 17.6 Å². The third-order valence-corrected chi connectivity index (χ3v) is 7.10. The van der Waals surface area contributed by atoms with E-state index in [0.717, 1.165) is 61.0 Å². The van der Waals surface area contributed by atoms with Gasteiger partial charge in [-0.05, 0) is 55.7 Å². The molecule has 1 aromatic heterocycles. The molecule has 198 valence electrons. The van der Waals surface area contributed by atoms with Gasteiger partial charge in [-0.1, -0.05) is 48.1 Å². The minimum absolute atomic E-state index is 0.0919. The SMILES string of the molecule is C/C=C/C1=CC(Nc2cc(N3CCN(c4ccccc4)CC3)nc(Oc3ccc4c(c3F)C=C(C)C4)n2)=NC1. The summed E-state index contributed by atoms with van der Waals surface area (Å²) in [5.74, 6) is 1.73. The lowest BCUT2D eigenvalue weighted by atomic mass is 10.1. The highest BCUT2D eigenvalue weighted by molar-refractivity contribution is 6.05. The van der Waals surface area contributed by atoms with E-state index in [9.17, 15) is 0 Å². The van der Waals surface area contributed by atoms with Crippen molar-refractivity contribution in [1.29, 1.82) is 0 Å². The van der Waals surface area contributed by atoms with Gasteiger partial charge in [-0.3, -0.25) is 4.99 Å². The van der Waals surface area contributed by atoms with Crippen LogP contribution in [0, 0.1) is 5.82 Å². The number of benzene rings is 2. The Kier molecular flexibility index (Phi) is 6.84. The van der Waals surface area contributed by atoms with E-state index in [1.807, 2.05) is 56.4 Å². The molecule has 0 saturated carbocycles. The van der Waals surface area contributed by atoms with Crippen molar-refractivity contribution in [1.82, 2.24) is 9.97 Å². The van der Waals surface area contributed by atoms with Crippen molar-refractivity contribution in [2.45, 2.75) is 20.3 Å². The molecule has 0 unspecified atom stereocenters. The molecule has 1 fully saturated rings. The highest BCUT2D eigenvalue weighted by Crippen LogP contribution is 2.34. The largest absolute Gasteiger partial charge is 0.421 e. The number of fused-ring (bicyclic) bond motifs is 1. The van der Waals surface area contributed by atoms with Crippen LogP contribution >= 0.6 is 0 Å². The molecule has 1 saturated heterocycles. The van der Waals surface area contributed by atoms with E-state index in [0.29, 0.717) is 17.9 Å². The predicted octanol–water partition coefficient (Wildman–Crippen LogP) is 6.02. The van der Waals surface area contributed by atoms with Gasteiger partial charge in [0.25, 0.3) is 0 Å². The molecule has 1 aliphatic carbocycles. The smallest absolute Gasteiger partial charge is 0.326 e. The summed E-state index contributed by atoms with van der Waals surface area (Å²) in [6, 6.07) is 16.0. The molecular formula is C31H31FN6O. The minimum atomic E-state index is -0.386. The quantitative estimate of drug-likeness (QED) is 0.427. The number of piperazine rings is 1. The number of anilines is 3. The Morgan fingerprint density at radius 3 is 2.56 bits per heavy atom. The number of ether oxygens (including phenoxy) is 1. The third kappa shape index (κ3) is 5.41. The van der Waals surface area contributed by atoms with Gasteiger partial charge in [0.1, 0.15) is 17.5 Å². The van der Waals surface area contributed by atoms with E-state index in [1.54, 1.807) is 6.07 Å². The van der Waals surface area contributed by atoms with E-state index < -0.39 is 0 Å². The van der Waals surface area contributed by atoms with E-state index in [2.05, 4.69) is 49.4 Å². The fourth-order valence-electron chi connectivity index (χ4n) is 5.18. The van der Waals surface area contributed by atoms with E-state index >= 15 is 4.39 Å². The lowest BCUT2D eigenvalue weighted by Gasteiger charge is -2.36. The maximum Gasteiger partial charge on any atom is 0.326 e.